The second-order valence-electron chi connectivity index (χ2n) is 6.62. The first-order chi connectivity index (χ1) is 14.9. The van der Waals surface area contributed by atoms with Crippen molar-refractivity contribution in [3.05, 3.63) is 93.4 Å². The van der Waals surface area contributed by atoms with Crippen LogP contribution in [0.1, 0.15) is 22.8 Å². The average Bonchev–Trinajstić information content (AvgIpc) is 2.76. The third kappa shape index (κ3) is 6.57. The molecule has 0 spiro atoms. The van der Waals surface area contributed by atoms with Gasteiger partial charge < -0.3 is 14.2 Å². The minimum absolute atomic E-state index is 0.114. The smallest absolute Gasteiger partial charge is 0.352 e. The van der Waals surface area contributed by atoms with Gasteiger partial charge in [0.25, 0.3) is 0 Å². The summed E-state index contributed by atoms with van der Waals surface area (Å²) in [5.74, 6) is -0.648. The minimum atomic E-state index is -0.917. The van der Waals surface area contributed by atoms with Crippen molar-refractivity contribution in [1.29, 1.82) is 0 Å². The molecule has 3 aromatic carbocycles. The zero-order chi connectivity index (χ0) is 22.2. The normalized spacial score (nSPS) is 11.5. The lowest BCUT2D eigenvalue weighted by molar-refractivity contribution is -0.141. The molecule has 0 aliphatic carbocycles. The van der Waals surface area contributed by atoms with Gasteiger partial charge in [-0.1, -0.05) is 54.1 Å². The molecule has 0 heterocycles. The summed E-state index contributed by atoms with van der Waals surface area (Å²) >= 11 is 9.26. The number of para-hydroxylation sites is 1. The van der Waals surface area contributed by atoms with Crippen LogP contribution in [0.4, 0.5) is 0 Å². The lowest BCUT2D eigenvalue weighted by Crippen LogP contribution is -2.29. The van der Waals surface area contributed by atoms with Crippen LogP contribution in [0.25, 0.3) is 0 Å². The molecular weight excluding hydrogens is 484 g/mol. The Labute approximate surface area is 194 Å². The van der Waals surface area contributed by atoms with E-state index in [0.29, 0.717) is 21.7 Å². The van der Waals surface area contributed by atoms with Crippen molar-refractivity contribution < 1.29 is 23.8 Å². The summed E-state index contributed by atoms with van der Waals surface area (Å²) in [4.78, 5) is 25.0. The largest absolute Gasteiger partial charge is 0.478 e. The molecule has 0 radical (unpaired) electrons. The standard InChI is InChI=1S/C24H20BrClO5/c1-16(30-22-12-11-18(26)15-20(22)25)23(27)31-21-10-6-5-9-19(21)24(28)29-14-13-17-7-3-2-4-8-17/h2-12,15-16H,13-14H2,1H3. The van der Waals surface area contributed by atoms with Crippen LogP contribution in [0.5, 0.6) is 11.5 Å². The van der Waals surface area contributed by atoms with Crippen molar-refractivity contribution in [2.75, 3.05) is 6.61 Å². The van der Waals surface area contributed by atoms with E-state index in [-0.39, 0.29) is 17.9 Å². The van der Waals surface area contributed by atoms with Gasteiger partial charge in [0.2, 0.25) is 0 Å². The number of esters is 2. The highest BCUT2D eigenvalue weighted by atomic mass is 79.9. The fraction of sp³-hybridized carbons (Fsp3) is 0.167. The van der Waals surface area contributed by atoms with E-state index in [1.54, 1.807) is 43.3 Å². The number of hydrogen-bond acceptors (Lipinski definition) is 5. The molecule has 5 nitrogen and oxygen atoms in total. The van der Waals surface area contributed by atoms with E-state index in [2.05, 4.69) is 15.9 Å². The Bertz CT molecular complexity index is 1050. The Morgan fingerprint density at radius 2 is 1.68 bits per heavy atom. The monoisotopic (exact) mass is 502 g/mol. The van der Waals surface area contributed by atoms with E-state index in [0.717, 1.165) is 5.56 Å². The van der Waals surface area contributed by atoms with Gasteiger partial charge >= 0.3 is 11.9 Å². The maximum absolute atomic E-state index is 12.5. The summed E-state index contributed by atoms with van der Waals surface area (Å²) in [6.45, 7) is 1.78. The summed E-state index contributed by atoms with van der Waals surface area (Å²) < 4.78 is 17.0. The van der Waals surface area contributed by atoms with Crippen LogP contribution >= 0.6 is 27.5 Å². The van der Waals surface area contributed by atoms with Gasteiger partial charge in [0, 0.05) is 11.4 Å². The Balaban J connectivity index is 1.61. The number of carbonyl (C=O) groups is 2. The molecule has 0 aliphatic heterocycles. The summed E-state index contributed by atoms with van der Waals surface area (Å²) in [6, 6.07) is 21.1. The molecule has 31 heavy (non-hydrogen) atoms. The van der Waals surface area contributed by atoms with Crippen molar-refractivity contribution >= 4 is 39.5 Å². The quantitative estimate of drug-likeness (QED) is 0.284. The average molecular weight is 504 g/mol. The first-order valence-electron chi connectivity index (χ1n) is 9.57. The number of ether oxygens (including phenoxy) is 3. The molecule has 0 amide bonds. The summed E-state index contributed by atoms with van der Waals surface area (Å²) in [6.07, 6.45) is -0.324. The van der Waals surface area contributed by atoms with E-state index < -0.39 is 18.0 Å². The number of benzene rings is 3. The van der Waals surface area contributed by atoms with Gasteiger partial charge in [0.05, 0.1) is 11.1 Å². The number of rotatable bonds is 8. The Morgan fingerprint density at radius 1 is 0.968 bits per heavy atom. The van der Waals surface area contributed by atoms with E-state index in [9.17, 15) is 9.59 Å². The van der Waals surface area contributed by atoms with Crippen LogP contribution < -0.4 is 9.47 Å². The van der Waals surface area contributed by atoms with Gasteiger partial charge in [-0.25, -0.2) is 9.59 Å². The second-order valence-corrected chi connectivity index (χ2v) is 7.91. The molecule has 0 aliphatic rings. The van der Waals surface area contributed by atoms with Gasteiger partial charge in [-0.15, -0.1) is 0 Å². The van der Waals surface area contributed by atoms with Crippen molar-refractivity contribution in [3.63, 3.8) is 0 Å². The van der Waals surface area contributed by atoms with Crippen molar-refractivity contribution in [2.24, 2.45) is 0 Å². The van der Waals surface area contributed by atoms with Gasteiger partial charge in [-0.3, -0.25) is 0 Å². The maximum Gasteiger partial charge on any atom is 0.352 e. The molecule has 3 rings (SSSR count). The third-order valence-corrected chi connectivity index (χ3v) is 5.17. The van der Waals surface area contributed by atoms with Crippen LogP contribution in [0.15, 0.2) is 77.3 Å². The highest BCUT2D eigenvalue weighted by Crippen LogP contribution is 2.29. The molecule has 0 bridgehead atoms. The molecule has 7 heteroatoms. The lowest BCUT2D eigenvalue weighted by Gasteiger charge is -2.16. The number of carbonyl (C=O) groups excluding carboxylic acids is 2. The molecule has 1 unspecified atom stereocenters. The van der Waals surface area contributed by atoms with Crippen LogP contribution in [-0.4, -0.2) is 24.6 Å². The van der Waals surface area contributed by atoms with E-state index in [1.165, 1.54) is 6.07 Å². The maximum atomic E-state index is 12.5. The number of hydrogen-bond donors (Lipinski definition) is 0. The van der Waals surface area contributed by atoms with Crippen LogP contribution in [0, 0.1) is 0 Å². The van der Waals surface area contributed by atoms with Crippen LogP contribution in [0.2, 0.25) is 5.02 Å². The molecule has 3 aromatic rings. The first kappa shape index (κ1) is 22.8. The van der Waals surface area contributed by atoms with E-state index >= 15 is 0 Å². The fourth-order valence-electron chi connectivity index (χ4n) is 2.71. The Hall–Kier alpha value is -2.83. The van der Waals surface area contributed by atoms with Gasteiger partial charge in [-0.05, 0) is 58.7 Å². The van der Waals surface area contributed by atoms with Crippen LogP contribution in [-0.2, 0) is 16.0 Å². The molecule has 0 N–H and O–H groups in total. The predicted molar refractivity (Wildman–Crippen MR) is 122 cm³/mol. The zero-order valence-electron chi connectivity index (χ0n) is 16.7. The minimum Gasteiger partial charge on any atom is -0.478 e. The zero-order valence-corrected chi connectivity index (χ0v) is 19.1. The lowest BCUT2D eigenvalue weighted by atomic mass is 10.2. The third-order valence-electron chi connectivity index (χ3n) is 4.31. The fourth-order valence-corrected chi connectivity index (χ4v) is 3.49. The predicted octanol–water partition coefficient (Wildman–Crippen LogP) is 5.87. The van der Waals surface area contributed by atoms with Gasteiger partial charge in [0.15, 0.2) is 6.10 Å². The SMILES string of the molecule is CC(Oc1ccc(Cl)cc1Br)C(=O)Oc1ccccc1C(=O)OCCc1ccccc1. The molecule has 0 saturated carbocycles. The first-order valence-corrected chi connectivity index (χ1v) is 10.7. The van der Waals surface area contributed by atoms with Crippen molar-refractivity contribution in [1.82, 2.24) is 0 Å². The molecular formula is C24H20BrClO5. The molecule has 1 atom stereocenters. The Morgan fingerprint density at radius 3 is 2.42 bits per heavy atom. The molecule has 160 valence electrons. The van der Waals surface area contributed by atoms with Gasteiger partial charge in [-0.2, -0.15) is 0 Å². The van der Waals surface area contributed by atoms with Crippen molar-refractivity contribution in [2.45, 2.75) is 19.4 Å². The Kier molecular flexibility index (Phi) is 8.09. The number of halogens is 2. The van der Waals surface area contributed by atoms with E-state index in [1.807, 2.05) is 30.3 Å². The second kappa shape index (κ2) is 11.0. The van der Waals surface area contributed by atoms with E-state index in [4.69, 9.17) is 25.8 Å². The molecule has 0 aromatic heterocycles. The van der Waals surface area contributed by atoms with Crippen LogP contribution in [0.3, 0.4) is 0 Å². The highest BCUT2D eigenvalue weighted by molar-refractivity contribution is 9.10. The molecule has 0 fully saturated rings. The molecule has 0 saturated heterocycles. The summed E-state index contributed by atoms with van der Waals surface area (Å²) in [5.41, 5.74) is 1.23. The summed E-state index contributed by atoms with van der Waals surface area (Å²) in [7, 11) is 0. The topological polar surface area (TPSA) is 61.8 Å². The van der Waals surface area contributed by atoms with Crippen molar-refractivity contribution in [3.8, 4) is 11.5 Å². The van der Waals surface area contributed by atoms with Gasteiger partial charge in [0.1, 0.15) is 17.1 Å². The highest BCUT2D eigenvalue weighted by Gasteiger charge is 2.22. The summed E-state index contributed by atoms with van der Waals surface area (Å²) in [5, 5.41) is 0.536.